The summed E-state index contributed by atoms with van der Waals surface area (Å²) in [5.41, 5.74) is 5.97. The molecule has 3 N–H and O–H groups in total. The number of hydrogen-bond donors (Lipinski definition) is 2. The summed E-state index contributed by atoms with van der Waals surface area (Å²) in [5, 5.41) is 3.08. The molecule has 0 saturated carbocycles. The Morgan fingerprint density at radius 1 is 1.47 bits per heavy atom. The van der Waals surface area contributed by atoms with Gasteiger partial charge < -0.3 is 20.5 Å². The second-order valence-corrected chi connectivity index (χ2v) is 5.02. The van der Waals surface area contributed by atoms with Crippen LogP contribution in [0.25, 0.3) is 0 Å². The molecule has 1 unspecified atom stereocenters. The molecule has 1 aliphatic heterocycles. The van der Waals surface area contributed by atoms with Crippen LogP contribution in [0, 0.1) is 0 Å². The highest BCUT2D eigenvalue weighted by Gasteiger charge is 2.32. The Kier molecular flexibility index (Phi) is 3.90. The van der Waals surface area contributed by atoms with Gasteiger partial charge in [-0.05, 0) is 26.0 Å². The fraction of sp³-hybridized carbons (Fsp3) is 0.538. The molecular formula is C13H20N4O2. The summed E-state index contributed by atoms with van der Waals surface area (Å²) < 4.78 is 1.91. The number of carbonyl (C=O) groups excluding carboxylic acids is 2. The van der Waals surface area contributed by atoms with E-state index in [0.717, 1.165) is 0 Å². The zero-order valence-electron chi connectivity index (χ0n) is 11.3. The van der Waals surface area contributed by atoms with Gasteiger partial charge in [0, 0.05) is 31.9 Å². The number of nitrogens with zero attached hydrogens (tertiary/aromatic N) is 2. The molecule has 6 nitrogen and oxygen atoms in total. The van der Waals surface area contributed by atoms with Gasteiger partial charge in [0.25, 0.3) is 5.91 Å². The molecular weight excluding hydrogens is 244 g/mol. The molecule has 0 bridgehead atoms. The van der Waals surface area contributed by atoms with Crippen molar-refractivity contribution in [3.63, 3.8) is 0 Å². The topological polar surface area (TPSA) is 80.4 Å². The van der Waals surface area contributed by atoms with Gasteiger partial charge in [-0.15, -0.1) is 0 Å². The third kappa shape index (κ3) is 2.63. The number of amides is 2. The summed E-state index contributed by atoms with van der Waals surface area (Å²) in [5.74, 6) is -0.604. The van der Waals surface area contributed by atoms with E-state index in [-0.39, 0.29) is 11.9 Å². The van der Waals surface area contributed by atoms with E-state index in [9.17, 15) is 9.59 Å². The average Bonchev–Trinajstić information content (AvgIpc) is 2.87. The number of nitrogens with two attached hydrogens (primary N) is 1. The number of nitrogens with one attached hydrogen (secondary N) is 1. The maximum absolute atomic E-state index is 12.6. The van der Waals surface area contributed by atoms with Gasteiger partial charge in [0.05, 0.1) is 0 Å². The van der Waals surface area contributed by atoms with Crippen molar-refractivity contribution in [3.05, 3.63) is 24.0 Å². The zero-order valence-corrected chi connectivity index (χ0v) is 11.3. The molecule has 19 heavy (non-hydrogen) atoms. The molecule has 0 aromatic carbocycles. The molecule has 2 amide bonds. The normalized spacial score (nSPS) is 19.7. The molecule has 1 atom stereocenters. The van der Waals surface area contributed by atoms with Crippen molar-refractivity contribution < 1.29 is 9.59 Å². The van der Waals surface area contributed by atoms with Crippen molar-refractivity contribution in [1.82, 2.24) is 14.8 Å². The van der Waals surface area contributed by atoms with Crippen LogP contribution in [-0.4, -0.2) is 47.0 Å². The number of hydrogen-bond acceptors (Lipinski definition) is 3. The van der Waals surface area contributed by atoms with E-state index in [1.54, 1.807) is 11.0 Å². The Morgan fingerprint density at radius 3 is 2.84 bits per heavy atom. The highest BCUT2D eigenvalue weighted by atomic mass is 16.2. The first-order valence-corrected chi connectivity index (χ1v) is 6.50. The van der Waals surface area contributed by atoms with Crippen LogP contribution in [0.4, 0.5) is 0 Å². The van der Waals surface area contributed by atoms with E-state index in [2.05, 4.69) is 5.32 Å². The summed E-state index contributed by atoms with van der Waals surface area (Å²) in [6.45, 7) is 5.62. The first-order valence-electron chi connectivity index (χ1n) is 6.50. The summed E-state index contributed by atoms with van der Waals surface area (Å²) in [6.07, 6.45) is 1.87. The van der Waals surface area contributed by atoms with Crippen molar-refractivity contribution in [3.8, 4) is 0 Å². The summed E-state index contributed by atoms with van der Waals surface area (Å²) >= 11 is 0. The van der Waals surface area contributed by atoms with Crippen LogP contribution in [0.15, 0.2) is 18.3 Å². The number of rotatable bonds is 3. The minimum absolute atomic E-state index is 0.135. The van der Waals surface area contributed by atoms with Crippen LogP contribution in [0.1, 0.15) is 30.4 Å². The molecule has 1 aromatic rings. The molecule has 1 saturated heterocycles. The molecule has 6 heteroatoms. The van der Waals surface area contributed by atoms with Gasteiger partial charge in [-0.2, -0.15) is 0 Å². The molecule has 2 rings (SSSR count). The lowest BCUT2D eigenvalue weighted by atomic mass is 10.1. The third-order valence-electron chi connectivity index (χ3n) is 3.39. The van der Waals surface area contributed by atoms with Gasteiger partial charge in [0.1, 0.15) is 11.7 Å². The van der Waals surface area contributed by atoms with E-state index in [0.29, 0.717) is 25.3 Å². The molecule has 1 aliphatic rings. The Bertz CT molecular complexity index is 481. The van der Waals surface area contributed by atoms with Gasteiger partial charge in [-0.1, -0.05) is 0 Å². The summed E-state index contributed by atoms with van der Waals surface area (Å²) in [6, 6.07) is 3.25. The zero-order chi connectivity index (χ0) is 14.0. The van der Waals surface area contributed by atoms with Gasteiger partial charge in [-0.3, -0.25) is 9.59 Å². The predicted molar refractivity (Wildman–Crippen MR) is 71.7 cm³/mol. The van der Waals surface area contributed by atoms with E-state index < -0.39 is 11.9 Å². The maximum atomic E-state index is 12.6. The molecule has 0 radical (unpaired) electrons. The van der Waals surface area contributed by atoms with E-state index >= 15 is 0 Å². The van der Waals surface area contributed by atoms with E-state index in [1.807, 2.05) is 30.7 Å². The monoisotopic (exact) mass is 264 g/mol. The van der Waals surface area contributed by atoms with E-state index in [4.69, 9.17) is 5.73 Å². The Morgan fingerprint density at radius 2 is 2.21 bits per heavy atom. The van der Waals surface area contributed by atoms with Gasteiger partial charge in [-0.25, -0.2) is 0 Å². The van der Waals surface area contributed by atoms with Crippen LogP contribution in [0.2, 0.25) is 0 Å². The second kappa shape index (κ2) is 5.44. The quantitative estimate of drug-likeness (QED) is 0.804. The third-order valence-corrected chi connectivity index (χ3v) is 3.39. The molecule has 1 fully saturated rings. The second-order valence-electron chi connectivity index (χ2n) is 5.02. The van der Waals surface area contributed by atoms with Gasteiger partial charge >= 0.3 is 0 Å². The Labute approximate surface area is 112 Å². The van der Waals surface area contributed by atoms with Crippen molar-refractivity contribution in [2.24, 2.45) is 5.73 Å². The SMILES string of the molecule is CC(C)n1cccc1C(=O)N1CCNCC1C(N)=O. The highest BCUT2D eigenvalue weighted by molar-refractivity contribution is 5.96. The minimum Gasteiger partial charge on any atom is -0.368 e. The molecule has 104 valence electrons. The first-order chi connectivity index (χ1) is 9.02. The van der Waals surface area contributed by atoms with E-state index in [1.165, 1.54) is 0 Å². The van der Waals surface area contributed by atoms with Crippen molar-refractivity contribution in [1.29, 1.82) is 0 Å². The lowest BCUT2D eigenvalue weighted by Gasteiger charge is -2.34. The van der Waals surface area contributed by atoms with Crippen LogP contribution in [-0.2, 0) is 4.79 Å². The summed E-state index contributed by atoms with van der Waals surface area (Å²) in [4.78, 5) is 25.6. The van der Waals surface area contributed by atoms with Crippen LogP contribution >= 0.6 is 0 Å². The number of piperazine rings is 1. The number of primary amides is 1. The molecule has 2 heterocycles. The molecule has 0 spiro atoms. The predicted octanol–water partition coefficient (Wildman–Crippen LogP) is -0.0317. The lowest BCUT2D eigenvalue weighted by molar-refractivity contribution is -0.122. The maximum Gasteiger partial charge on any atom is 0.271 e. The fourth-order valence-electron chi connectivity index (χ4n) is 2.37. The standard InChI is InChI=1S/C13H20N4O2/c1-9(2)16-6-3-4-10(16)13(19)17-7-5-15-8-11(17)12(14)18/h3-4,6,9,11,15H,5,7-8H2,1-2H3,(H2,14,18). The highest BCUT2D eigenvalue weighted by Crippen LogP contribution is 2.15. The molecule has 1 aromatic heterocycles. The van der Waals surface area contributed by atoms with Crippen molar-refractivity contribution >= 4 is 11.8 Å². The van der Waals surface area contributed by atoms with Gasteiger partial charge in [0.2, 0.25) is 5.91 Å². The average molecular weight is 264 g/mol. The van der Waals surface area contributed by atoms with Crippen LogP contribution < -0.4 is 11.1 Å². The van der Waals surface area contributed by atoms with Crippen LogP contribution in [0.5, 0.6) is 0 Å². The lowest BCUT2D eigenvalue weighted by Crippen LogP contribution is -2.58. The minimum atomic E-state index is -0.572. The van der Waals surface area contributed by atoms with Gasteiger partial charge in [0.15, 0.2) is 0 Å². The summed E-state index contributed by atoms with van der Waals surface area (Å²) in [7, 11) is 0. The van der Waals surface area contributed by atoms with Crippen LogP contribution in [0.3, 0.4) is 0 Å². The molecule has 0 aliphatic carbocycles. The van der Waals surface area contributed by atoms with Crippen molar-refractivity contribution in [2.45, 2.75) is 25.9 Å². The number of aromatic nitrogens is 1. The van der Waals surface area contributed by atoms with Crippen molar-refractivity contribution in [2.75, 3.05) is 19.6 Å². The largest absolute Gasteiger partial charge is 0.368 e. The number of carbonyl (C=O) groups is 2. The smallest absolute Gasteiger partial charge is 0.271 e. The Hall–Kier alpha value is -1.82. The Balaban J connectivity index is 2.26. The first kappa shape index (κ1) is 13.6. The fourth-order valence-corrected chi connectivity index (χ4v) is 2.37.